The van der Waals surface area contributed by atoms with E-state index < -0.39 is 0 Å². The van der Waals surface area contributed by atoms with Crippen LogP contribution in [0.3, 0.4) is 0 Å². The summed E-state index contributed by atoms with van der Waals surface area (Å²) in [5.41, 5.74) is 2.37. The van der Waals surface area contributed by atoms with Gasteiger partial charge in [0.15, 0.2) is 0 Å². The molecule has 0 aliphatic carbocycles. The Balaban J connectivity index is 2.64. The second-order valence-corrected chi connectivity index (χ2v) is 3.11. The molecule has 0 fully saturated rings. The summed E-state index contributed by atoms with van der Waals surface area (Å²) < 4.78 is 2.15. The molecule has 0 bridgehead atoms. The van der Waals surface area contributed by atoms with Gasteiger partial charge in [-0.2, -0.15) is 0 Å². The first kappa shape index (κ1) is 6.72. The highest BCUT2D eigenvalue weighted by Crippen LogP contribution is 2.18. The lowest BCUT2D eigenvalue weighted by Crippen LogP contribution is -1.80. The largest absolute Gasteiger partial charge is 0.316 e. The van der Waals surface area contributed by atoms with E-state index in [9.17, 15) is 0 Å². The molecule has 1 nitrogen and oxygen atoms in total. The monoisotopic (exact) mass is 166 g/mol. The summed E-state index contributed by atoms with van der Waals surface area (Å²) in [5, 5.41) is 1.27. The van der Waals surface area contributed by atoms with Gasteiger partial charge in [-0.1, -0.05) is 24.3 Å². The summed E-state index contributed by atoms with van der Waals surface area (Å²) >= 11 is 0. The predicted molar refractivity (Wildman–Crippen MR) is 53.7 cm³/mol. The minimum atomic E-state index is 1.13. The number of para-hydroxylation sites is 1. The zero-order valence-electron chi connectivity index (χ0n) is 7.07. The fourth-order valence-corrected chi connectivity index (χ4v) is 1.71. The highest BCUT2D eigenvalue weighted by molar-refractivity contribution is 5.86. The fourth-order valence-electron chi connectivity index (χ4n) is 1.71. The number of pyridine rings is 1. The first-order valence-electron chi connectivity index (χ1n) is 4.32. The van der Waals surface area contributed by atoms with E-state index in [4.69, 9.17) is 0 Å². The van der Waals surface area contributed by atoms with Crippen LogP contribution in [0, 0.1) is 6.07 Å². The van der Waals surface area contributed by atoms with Crippen LogP contribution in [0.1, 0.15) is 0 Å². The molecule has 0 saturated carbocycles. The summed E-state index contributed by atoms with van der Waals surface area (Å²) in [4.78, 5) is 0. The van der Waals surface area contributed by atoms with Gasteiger partial charge in [0.05, 0.1) is 11.0 Å². The Morgan fingerprint density at radius 2 is 2.00 bits per heavy atom. The SMILES string of the molecule is [c]1cccn2c1cc1ccccc12. The molecule has 0 N–H and O–H groups in total. The molecule has 0 saturated heterocycles. The molecule has 0 atom stereocenters. The van der Waals surface area contributed by atoms with Gasteiger partial charge < -0.3 is 4.40 Å². The average Bonchev–Trinajstić information content (AvgIpc) is 2.56. The molecule has 3 rings (SSSR count). The van der Waals surface area contributed by atoms with Crippen molar-refractivity contribution in [2.75, 3.05) is 0 Å². The van der Waals surface area contributed by atoms with E-state index in [1.165, 1.54) is 10.9 Å². The first-order chi connectivity index (χ1) is 6.45. The number of benzene rings is 1. The average molecular weight is 166 g/mol. The van der Waals surface area contributed by atoms with Crippen LogP contribution >= 0.6 is 0 Å². The standard InChI is InChI=1S/C12H8N/c1-2-7-12-10(5-1)9-11-6-3-4-8-13(11)12/h1-5,7-9H. The van der Waals surface area contributed by atoms with Gasteiger partial charge in [-0.25, -0.2) is 0 Å². The number of aromatic nitrogens is 1. The molecule has 1 radical (unpaired) electrons. The van der Waals surface area contributed by atoms with E-state index in [0.29, 0.717) is 0 Å². The van der Waals surface area contributed by atoms with E-state index >= 15 is 0 Å². The van der Waals surface area contributed by atoms with Crippen LogP contribution < -0.4 is 0 Å². The van der Waals surface area contributed by atoms with E-state index in [2.05, 4.69) is 47.0 Å². The Kier molecular flexibility index (Phi) is 1.22. The Bertz CT molecular complexity index is 513. The second-order valence-electron chi connectivity index (χ2n) is 3.11. The molecule has 61 valence electrons. The molecule has 2 aromatic heterocycles. The van der Waals surface area contributed by atoms with Crippen molar-refractivity contribution in [3.8, 4) is 0 Å². The van der Waals surface area contributed by atoms with Crippen LogP contribution in [0.15, 0.2) is 48.7 Å². The highest BCUT2D eigenvalue weighted by atomic mass is 14.9. The Hall–Kier alpha value is -1.76. The van der Waals surface area contributed by atoms with Crippen LogP contribution in [-0.4, -0.2) is 4.40 Å². The number of hydrogen-bond acceptors (Lipinski definition) is 0. The van der Waals surface area contributed by atoms with Gasteiger partial charge in [0.25, 0.3) is 0 Å². The van der Waals surface area contributed by atoms with Crippen molar-refractivity contribution in [3.63, 3.8) is 0 Å². The third-order valence-corrected chi connectivity index (χ3v) is 2.31. The van der Waals surface area contributed by atoms with Crippen molar-refractivity contribution >= 4 is 16.4 Å². The highest BCUT2D eigenvalue weighted by Gasteiger charge is 1.98. The lowest BCUT2D eigenvalue weighted by atomic mass is 10.2. The van der Waals surface area contributed by atoms with Crippen molar-refractivity contribution < 1.29 is 0 Å². The Labute approximate surface area is 76.2 Å². The second kappa shape index (κ2) is 2.36. The lowest BCUT2D eigenvalue weighted by molar-refractivity contribution is 1.25. The van der Waals surface area contributed by atoms with Crippen molar-refractivity contribution in [2.45, 2.75) is 0 Å². The van der Waals surface area contributed by atoms with E-state index in [1.54, 1.807) is 0 Å². The van der Waals surface area contributed by atoms with Crippen LogP contribution in [-0.2, 0) is 0 Å². The smallest absolute Gasteiger partial charge is 0.0541 e. The van der Waals surface area contributed by atoms with Crippen molar-refractivity contribution in [1.82, 2.24) is 4.40 Å². The molecule has 13 heavy (non-hydrogen) atoms. The van der Waals surface area contributed by atoms with Gasteiger partial charge in [-0.15, -0.1) is 0 Å². The number of rotatable bonds is 0. The van der Waals surface area contributed by atoms with Crippen LogP contribution in [0.2, 0.25) is 0 Å². The molecular weight excluding hydrogens is 158 g/mol. The van der Waals surface area contributed by atoms with Gasteiger partial charge in [0.2, 0.25) is 0 Å². The normalized spacial score (nSPS) is 11.1. The third-order valence-electron chi connectivity index (χ3n) is 2.31. The molecule has 1 heteroatoms. The zero-order valence-corrected chi connectivity index (χ0v) is 7.07. The van der Waals surface area contributed by atoms with Gasteiger partial charge >= 0.3 is 0 Å². The number of nitrogens with zero attached hydrogens (tertiary/aromatic N) is 1. The summed E-state index contributed by atoms with van der Waals surface area (Å²) in [6.07, 6.45) is 2.06. The quantitative estimate of drug-likeness (QED) is 0.483. The van der Waals surface area contributed by atoms with E-state index in [0.717, 1.165) is 5.52 Å². The molecule has 0 aliphatic rings. The maximum atomic E-state index is 3.20. The summed E-state index contributed by atoms with van der Waals surface area (Å²) in [5.74, 6) is 0. The predicted octanol–water partition coefficient (Wildman–Crippen LogP) is 2.89. The summed E-state index contributed by atoms with van der Waals surface area (Å²) in [6.45, 7) is 0. The maximum absolute atomic E-state index is 3.20. The fraction of sp³-hybridized carbons (Fsp3) is 0. The molecular formula is C12H8N. The maximum Gasteiger partial charge on any atom is 0.0541 e. The molecule has 0 aliphatic heterocycles. The zero-order chi connectivity index (χ0) is 8.67. The molecule has 0 unspecified atom stereocenters. The van der Waals surface area contributed by atoms with Gasteiger partial charge in [-0.3, -0.25) is 0 Å². The number of hydrogen-bond donors (Lipinski definition) is 0. The third kappa shape index (κ3) is 0.872. The number of fused-ring (bicyclic) bond motifs is 3. The Morgan fingerprint density at radius 1 is 1.08 bits per heavy atom. The molecule has 0 spiro atoms. The first-order valence-corrected chi connectivity index (χ1v) is 4.32. The summed E-state index contributed by atoms with van der Waals surface area (Å²) in [7, 11) is 0. The molecule has 1 aromatic carbocycles. The molecule has 0 amide bonds. The molecule has 3 aromatic rings. The Morgan fingerprint density at radius 3 is 3.00 bits per heavy atom. The van der Waals surface area contributed by atoms with E-state index in [-0.39, 0.29) is 0 Å². The van der Waals surface area contributed by atoms with Crippen molar-refractivity contribution in [1.29, 1.82) is 0 Å². The van der Waals surface area contributed by atoms with Crippen LogP contribution in [0.5, 0.6) is 0 Å². The summed E-state index contributed by atoms with van der Waals surface area (Å²) in [6, 6.07) is 17.6. The van der Waals surface area contributed by atoms with Crippen LogP contribution in [0.4, 0.5) is 0 Å². The topological polar surface area (TPSA) is 4.41 Å². The molecule has 2 heterocycles. The van der Waals surface area contributed by atoms with E-state index in [1.807, 2.05) is 12.1 Å². The van der Waals surface area contributed by atoms with Crippen molar-refractivity contribution in [2.24, 2.45) is 0 Å². The van der Waals surface area contributed by atoms with Gasteiger partial charge in [-0.05, 0) is 18.2 Å². The van der Waals surface area contributed by atoms with Gasteiger partial charge in [0, 0.05) is 17.6 Å². The van der Waals surface area contributed by atoms with Crippen LogP contribution in [0.25, 0.3) is 16.4 Å². The minimum Gasteiger partial charge on any atom is -0.316 e. The lowest BCUT2D eigenvalue weighted by Gasteiger charge is -1.93. The van der Waals surface area contributed by atoms with Crippen molar-refractivity contribution in [3.05, 3.63) is 54.7 Å². The minimum absolute atomic E-state index is 1.13. The van der Waals surface area contributed by atoms with Gasteiger partial charge in [0.1, 0.15) is 0 Å².